The zero-order chi connectivity index (χ0) is 8.59. The lowest BCUT2D eigenvalue weighted by Crippen LogP contribution is -1.82. The first-order valence-electron chi connectivity index (χ1n) is 3.21. The summed E-state index contributed by atoms with van der Waals surface area (Å²) in [6, 6.07) is 1.48. The molecule has 0 atom stereocenters. The second-order valence-electron chi connectivity index (χ2n) is 2.50. The first-order valence-corrected chi connectivity index (χ1v) is 3.59. The number of aryl methyl sites for hydroxylation is 1. The molecule has 0 bridgehead atoms. The molecule has 60 valence electrons. The van der Waals surface area contributed by atoms with Gasteiger partial charge in [-0.25, -0.2) is 0 Å². The molecule has 0 aliphatic carbocycles. The Balaban J connectivity index is 3.46. The van der Waals surface area contributed by atoms with Crippen molar-refractivity contribution in [2.45, 2.75) is 13.8 Å². The SMILES string of the molecule is Cc1cc(O)c(C)c(Cl)c1O. The number of phenols is 2. The summed E-state index contributed by atoms with van der Waals surface area (Å²) in [5.74, 6) is 0.160. The molecule has 1 aromatic carbocycles. The molecule has 0 aliphatic rings. The largest absolute Gasteiger partial charge is 0.508 e. The summed E-state index contributed by atoms with van der Waals surface area (Å²) in [5.41, 5.74) is 1.09. The first kappa shape index (κ1) is 8.21. The number of phenolic OH excluding ortho intramolecular Hbond substituents is 2. The van der Waals surface area contributed by atoms with Crippen molar-refractivity contribution in [1.82, 2.24) is 0 Å². The second-order valence-corrected chi connectivity index (χ2v) is 2.88. The topological polar surface area (TPSA) is 40.5 Å². The molecule has 0 aromatic heterocycles. The molecule has 0 saturated carbocycles. The Morgan fingerprint density at radius 1 is 1.27 bits per heavy atom. The Morgan fingerprint density at radius 2 is 1.82 bits per heavy atom. The average molecular weight is 173 g/mol. The van der Waals surface area contributed by atoms with E-state index in [1.807, 2.05) is 0 Å². The van der Waals surface area contributed by atoms with Crippen LogP contribution in [0.2, 0.25) is 5.02 Å². The van der Waals surface area contributed by atoms with Gasteiger partial charge in [-0.3, -0.25) is 0 Å². The third-order valence-electron chi connectivity index (χ3n) is 1.65. The summed E-state index contributed by atoms with van der Waals surface area (Å²) in [5, 5.41) is 18.7. The van der Waals surface area contributed by atoms with Gasteiger partial charge in [0.25, 0.3) is 0 Å². The minimum atomic E-state index is 0.0435. The van der Waals surface area contributed by atoms with E-state index in [9.17, 15) is 10.2 Å². The highest BCUT2D eigenvalue weighted by molar-refractivity contribution is 6.33. The van der Waals surface area contributed by atoms with E-state index in [1.165, 1.54) is 6.07 Å². The van der Waals surface area contributed by atoms with Gasteiger partial charge in [0, 0.05) is 5.56 Å². The molecule has 0 saturated heterocycles. The normalized spacial score (nSPS) is 10.1. The zero-order valence-electron chi connectivity index (χ0n) is 6.35. The number of rotatable bonds is 0. The maximum Gasteiger partial charge on any atom is 0.137 e. The van der Waals surface area contributed by atoms with Gasteiger partial charge >= 0.3 is 0 Å². The van der Waals surface area contributed by atoms with Crippen LogP contribution >= 0.6 is 11.6 Å². The standard InChI is InChI=1S/C8H9ClO2/c1-4-3-6(10)5(2)7(9)8(4)11/h3,10-11H,1-2H3. The third kappa shape index (κ3) is 1.26. The van der Waals surface area contributed by atoms with Gasteiger partial charge in [-0.2, -0.15) is 0 Å². The van der Waals surface area contributed by atoms with E-state index >= 15 is 0 Å². The fraction of sp³-hybridized carbons (Fsp3) is 0.250. The van der Waals surface area contributed by atoms with Crippen LogP contribution in [-0.2, 0) is 0 Å². The zero-order valence-corrected chi connectivity index (χ0v) is 7.11. The van der Waals surface area contributed by atoms with Crippen LogP contribution in [0.3, 0.4) is 0 Å². The van der Waals surface area contributed by atoms with Crippen molar-refractivity contribution in [3.05, 3.63) is 22.2 Å². The molecule has 2 nitrogen and oxygen atoms in total. The Hall–Kier alpha value is -0.890. The summed E-state index contributed by atoms with van der Waals surface area (Å²) in [6.45, 7) is 3.33. The van der Waals surface area contributed by atoms with Crippen molar-refractivity contribution in [3.8, 4) is 11.5 Å². The fourth-order valence-corrected chi connectivity index (χ4v) is 1.09. The molecule has 0 radical (unpaired) electrons. The minimum Gasteiger partial charge on any atom is -0.508 e. The maximum absolute atomic E-state index is 9.27. The number of aromatic hydroxyl groups is 2. The van der Waals surface area contributed by atoms with Gasteiger partial charge in [0.15, 0.2) is 0 Å². The van der Waals surface area contributed by atoms with Gasteiger partial charge in [0.1, 0.15) is 11.5 Å². The summed E-state index contributed by atoms with van der Waals surface area (Å²) >= 11 is 5.68. The van der Waals surface area contributed by atoms with Gasteiger partial charge in [0.05, 0.1) is 5.02 Å². The van der Waals surface area contributed by atoms with Crippen LogP contribution < -0.4 is 0 Å². The van der Waals surface area contributed by atoms with Gasteiger partial charge in [0.2, 0.25) is 0 Å². The van der Waals surface area contributed by atoms with Crippen LogP contribution in [0.1, 0.15) is 11.1 Å². The predicted molar refractivity (Wildman–Crippen MR) is 44.3 cm³/mol. The van der Waals surface area contributed by atoms with E-state index in [4.69, 9.17) is 11.6 Å². The summed E-state index contributed by atoms with van der Waals surface area (Å²) in [6.07, 6.45) is 0. The van der Waals surface area contributed by atoms with Crippen molar-refractivity contribution in [2.24, 2.45) is 0 Å². The monoisotopic (exact) mass is 172 g/mol. The molecule has 0 unspecified atom stereocenters. The Bertz CT molecular complexity index is 268. The molecule has 2 N–H and O–H groups in total. The highest BCUT2D eigenvalue weighted by Gasteiger charge is 2.08. The number of hydrogen-bond acceptors (Lipinski definition) is 2. The van der Waals surface area contributed by atoms with E-state index < -0.39 is 0 Å². The molecule has 0 amide bonds. The van der Waals surface area contributed by atoms with Crippen LogP contribution in [0.4, 0.5) is 0 Å². The van der Waals surface area contributed by atoms with Crippen LogP contribution in [0, 0.1) is 13.8 Å². The van der Waals surface area contributed by atoms with Gasteiger partial charge in [-0.05, 0) is 25.5 Å². The maximum atomic E-state index is 9.27. The van der Waals surface area contributed by atoms with Crippen LogP contribution in [0.5, 0.6) is 11.5 Å². The van der Waals surface area contributed by atoms with Crippen molar-refractivity contribution in [1.29, 1.82) is 0 Å². The van der Waals surface area contributed by atoms with Crippen molar-refractivity contribution >= 4 is 11.6 Å². The summed E-state index contributed by atoms with van der Waals surface area (Å²) in [4.78, 5) is 0. The molecule has 0 spiro atoms. The molecular formula is C8H9ClO2. The lowest BCUT2D eigenvalue weighted by atomic mass is 10.1. The first-order chi connectivity index (χ1) is 5.04. The molecule has 0 aliphatic heterocycles. The molecule has 3 heteroatoms. The smallest absolute Gasteiger partial charge is 0.137 e. The van der Waals surface area contributed by atoms with E-state index in [2.05, 4.69) is 0 Å². The van der Waals surface area contributed by atoms with E-state index in [1.54, 1.807) is 13.8 Å². The van der Waals surface area contributed by atoms with Crippen LogP contribution in [0.25, 0.3) is 0 Å². The average Bonchev–Trinajstić information content (AvgIpc) is 1.97. The molecule has 11 heavy (non-hydrogen) atoms. The lowest BCUT2D eigenvalue weighted by Gasteiger charge is -2.05. The molecular weight excluding hydrogens is 164 g/mol. The molecule has 1 rings (SSSR count). The highest BCUT2D eigenvalue weighted by atomic mass is 35.5. The van der Waals surface area contributed by atoms with Crippen molar-refractivity contribution in [2.75, 3.05) is 0 Å². The summed E-state index contributed by atoms with van der Waals surface area (Å²) in [7, 11) is 0. The van der Waals surface area contributed by atoms with E-state index in [-0.39, 0.29) is 16.5 Å². The fourth-order valence-electron chi connectivity index (χ4n) is 0.845. The minimum absolute atomic E-state index is 0.0435. The molecule has 0 heterocycles. The highest BCUT2D eigenvalue weighted by Crippen LogP contribution is 2.35. The third-order valence-corrected chi connectivity index (χ3v) is 2.11. The summed E-state index contributed by atoms with van der Waals surface area (Å²) < 4.78 is 0. The number of halogens is 1. The van der Waals surface area contributed by atoms with Gasteiger partial charge in [-0.15, -0.1) is 0 Å². The van der Waals surface area contributed by atoms with Gasteiger partial charge in [-0.1, -0.05) is 11.6 Å². The van der Waals surface area contributed by atoms with Crippen LogP contribution in [-0.4, -0.2) is 10.2 Å². The van der Waals surface area contributed by atoms with Crippen molar-refractivity contribution in [3.63, 3.8) is 0 Å². The van der Waals surface area contributed by atoms with E-state index in [0.29, 0.717) is 11.1 Å². The van der Waals surface area contributed by atoms with Crippen molar-refractivity contribution < 1.29 is 10.2 Å². The Kier molecular flexibility index (Phi) is 1.96. The predicted octanol–water partition coefficient (Wildman–Crippen LogP) is 2.37. The number of hydrogen-bond donors (Lipinski definition) is 2. The second kappa shape index (κ2) is 2.62. The van der Waals surface area contributed by atoms with Gasteiger partial charge < -0.3 is 10.2 Å². The Labute approximate surface area is 70.1 Å². The molecule has 0 fully saturated rings. The molecule has 1 aromatic rings. The van der Waals surface area contributed by atoms with Crippen LogP contribution in [0.15, 0.2) is 6.07 Å². The number of benzene rings is 1. The van der Waals surface area contributed by atoms with E-state index in [0.717, 1.165) is 0 Å². The lowest BCUT2D eigenvalue weighted by molar-refractivity contribution is 0.453. The Morgan fingerprint density at radius 3 is 2.36 bits per heavy atom. The quantitative estimate of drug-likeness (QED) is 0.590.